The number of amides is 1. The van der Waals surface area contributed by atoms with Gasteiger partial charge in [0.15, 0.2) is 0 Å². The summed E-state index contributed by atoms with van der Waals surface area (Å²) in [6, 6.07) is 5.09. The maximum absolute atomic E-state index is 12.3. The molecule has 0 saturated carbocycles. The average molecular weight is 330 g/mol. The molecule has 4 nitrogen and oxygen atoms in total. The van der Waals surface area contributed by atoms with Crippen molar-refractivity contribution in [1.82, 2.24) is 4.90 Å². The number of hydrogen-bond donors (Lipinski definition) is 0. The molecule has 21 heavy (non-hydrogen) atoms. The summed E-state index contributed by atoms with van der Waals surface area (Å²) in [6.45, 7) is 1.08. The molecule has 1 saturated heterocycles. The molecule has 2 rings (SSSR count). The van der Waals surface area contributed by atoms with Gasteiger partial charge in [-0.1, -0.05) is 29.3 Å². The van der Waals surface area contributed by atoms with E-state index in [2.05, 4.69) is 0 Å². The number of piperidine rings is 1. The van der Waals surface area contributed by atoms with Crippen molar-refractivity contribution < 1.29 is 14.3 Å². The smallest absolute Gasteiger partial charge is 0.310 e. The van der Waals surface area contributed by atoms with Crippen LogP contribution < -0.4 is 0 Å². The molecule has 6 heteroatoms. The quantitative estimate of drug-likeness (QED) is 0.801. The van der Waals surface area contributed by atoms with E-state index in [0.717, 1.165) is 18.4 Å². The molecule has 0 bridgehead atoms. The lowest BCUT2D eigenvalue weighted by Gasteiger charge is -2.31. The Kier molecular flexibility index (Phi) is 5.48. The minimum atomic E-state index is -0.253. The monoisotopic (exact) mass is 329 g/mol. The summed E-state index contributed by atoms with van der Waals surface area (Å²) in [7, 11) is 1.37. The third-order valence-corrected chi connectivity index (χ3v) is 4.25. The molecule has 1 atom stereocenters. The molecule has 1 fully saturated rings. The normalized spacial score (nSPS) is 18.4. The van der Waals surface area contributed by atoms with E-state index in [1.54, 1.807) is 23.1 Å². The fourth-order valence-corrected chi connectivity index (χ4v) is 2.98. The van der Waals surface area contributed by atoms with Crippen LogP contribution >= 0.6 is 23.2 Å². The van der Waals surface area contributed by atoms with E-state index in [9.17, 15) is 9.59 Å². The Morgan fingerprint density at radius 3 is 2.81 bits per heavy atom. The first-order chi connectivity index (χ1) is 10.0. The zero-order valence-electron chi connectivity index (χ0n) is 11.8. The number of halogens is 2. The maximum Gasteiger partial charge on any atom is 0.310 e. The van der Waals surface area contributed by atoms with Crippen LogP contribution in [0.15, 0.2) is 18.2 Å². The summed E-state index contributed by atoms with van der Waals surface area (Å²) in [5.41, 5.74) is 0.742. The highest BCUT2D eigenvalue weighted by Gasteiger charge is 2.29. The highest BCUT2D eigenvalue weighted by atomic mass is 35.5. The van der Waals surface area contributed by atoms with Gasteiger partial charge in [0.2, 0.25) is 5.91 Å². The number of hydrogen-bond acceptors (Lipinski definition) is 3. The average Bonchev–Trinajstić information content (AvgIpc) is 2.49. The van der Waals surface area contributed by atoms with Crippen LogP contribution in [0.2, 0.25) is 10.0 Å². The van der Waals surface area contributed by atoms with Crippen LogP contribution in [0.25, 0.3) is 0 Å². The zero-order chi connectivity index (χ0) is 15.4. The van der Waals surface area contributed by atoms with E-state index in [1.807, 2.05) is 0 Å². The number of benzene rings is 1. The summed E-state index contributed by atoms with van der Waals surface area (Å²) < 4.78 is 4.76. The molecule has 0 spiro atoms. The predicted octanol–water partition coefficient (Wildman–Crippen LogP) is 2.95. The van der Waals surface area contributed by atoms with Crippen LogP contribution in [0.3, 0.4) is 0 Å². The van der Waals surface area contributed by atoms with Crippen LogP contribution in [0.1, 0.15) is 18.4 Å². The van der Waals surface area contributed by atoms with Gasteiger partial charge in [0, 0.05) is 23.1 Å². The molecule has 0 N–H and O–H groups in total. The highest BCUT2D eigenvalue weighted by Crippen LogP contribution is 2.23. The molecule has 1 aliphatic rings. The number of likely N-dealkylation sites (tertiary alicyclic amines) is 1. The Bertz CT molecular complexity index is 548. The molecule has 1 unspecified atom stereocenters. The fraction of sp³-hybridized carbons (Fsp3) is 0.467. The van der Waals surface area contributed by atoms with Gasteiger partial charge in [-0.05, 0) is 30.5 Å². The molecule has 0 radical (unpaired) electrons. The van der Waals surface area contributed by atoms with E-state index in [0.29, 0.717) is 23.1 Å². The van der Waals surface area contributed by atoms with E-state index in [1.165, 1.54) is 7.11 Å². The third kappa shape index (κ3) is 4.11. The number of esters is 1. The summed E-state index contributed by atoms with van der Waals surface area (Å²) in [5, 5.41) is 1.03. The van der Waals surface area contributed by atoms with E-state index in [-0.39, 0.29) is 24.2 Å². The molecule has 0 aliphatic carbocycles. The molecule has 1 aromatic rings. The molecular weight excluding hydrogens is 313 g/mol. The molecule has 1 aliphatic heterocycles. The number of nitrogens with zero attached hydrogens (tertiary/aromatic N) is 1. The van der Waals surface area contributed by atoms with Crippen LogP contribution in [0.5, 0.6) is 0 Å². The van der Waals surface area contributed by atoms with Crippen molar-refractivity contribution in [2.75, 3.05) is 20.2 Å². The van der Waals surface area contributed by atoms with Gasteiger partial charge in [0.25, 0.3) is 0 Å². The first kappa shape index (κ1) is 16.1. The zero-order valence-corrected chi connectivity index (χ0v) is 13.3. The van der Waals surface area contributed by atoms with Crippen LogP contribution in [0, 0.1) is 5.92 Å². The van der Waals surface area contributed by atoms with Gasteiger partial charge >= 0.3 is 5.97 Å². The number of ether oxygens (including phenoxy) is 1. The molecular formula is C15H17Cl2NO3. The maximum atomic E-state index is 12.3. The Hall–Kier alpha value is -1.26. The predicted molar refractivity (Wildman–Crippen MR) is 81.5 cm³/mol. The first-order valence-electron chi connectivity index (χ1n) is 6.80. The lowest BCUT2D eigenvalue weighted by atomic mass is 9.97. The van der Waals surface area contributed by atoms with Gasteiger partial charge in [-0.3, -0.25) is 9.59 Å². The standard InChI is InChI=1S/C15H17Cl2NO3/c1-21-15(20)11-3-2-6-18(9-11)14(19)7-10-4-5-12(16)8-13(10)17/h4-5,8,11H,2-3,6-7,9H2,1H3. The number of methoxy groups -OCH3 is 1. The molecule has 1 aromatic carbocycles. The van der Waals surface area contributed by atoms with Gasteiger partial charge in [-0.2, -0.15) is 0 Å². The lowest BCUT2D eigenvalue weighted by Crippen LogP contribution is -2.43. The van der Waals surface area contributed by atoms with Crippen LogP contribution in [0.4, 0.5) is 0 Å². The topological polar surface area (TPSA) is 46.6 Å². The summed E-state index contributed by atoms with van der Waals surface area (Å²) in [4.78, 5) is 25.6. The van der Waals surface area contributed by atoms with Crippen LogP contribution in [-0.4, -0.2) is 37.0 Å². The largest absolute Gasteiger partial charge is 0.469 e. The number of carbonyl (C=O) groups is 2. The van der Waals surface area contributed by atoms with Crippen molar-refractivity contribution in [1.29, 1.82) is 0 Å². The molecule has 1 heterocycles. The fourth-order valence-electron chi connectivity index (χ4n) is 2.50. The Balaban J connectivity index is 2.01. The lowest BCUT2D eigenvalue weighted by molar-refractivity contribution is -0.148. The molecule has 114 valence electrons. The van der Waals surface area contributed by atoms with Crippen molar-refractivity contribution in [2.45, 2.75) is 19.3 Å². The summed E-state index contributed by atoms with van der Waals surface area (Å²) in [6.07, 6.45) is 1.78. The summed E-state index contributed by atoms with van der Waals surface area (Å²) >= 11 is 11.9. The second kappa shape index (κ2) is 7.14. The van der Waals surface area contributed by atoms with Crippen molar-refractivity contribution in [3.8, 4) is 0 Å². The Labute approximate surface area is 134 Å². The van der Waals surface area contributed by atoms with Crippen molar-refractivity contribution in [3.05, 3.63) is 33.8 Å². The van der Waals surface area contributed by atoms with E-state index in [4.69, 9.17) is 27.9 Å². The van der Waals surface area contributed by atoms with Crippen molar-refractivity contribution in [2.24, 2.45) is 5.92 Å². The SMILES string of the molecule is COC(=O)C1CCCN(C(=O)Cc2ccc(Cl)cc2Cl)C1. The number of rotatable bonds is 3. The molecule has 1 amide bonds. The van der Waals surface area contributed by atoms with Crippen LogP contribution in [-0.2, 0) is 20.7 Å². The second-order valence-corrected chi connectivity index (χ2v) is 5.96. The molecule has 0 aromatic heterocycles. The Morgan fingerprint density at radius 2 is 2.14 bits per heavy atom. The number of carbonyl (C=O) groups excluding carboxylic acids is 2. The second-order valence-electron chi connectivity index (χ2n) is 5.11. The third-order valence-electron chi connectivity index (χ3n) is 3.67. The van der Waals surface area contributed by atoms with Gasteiger partial charge in [0.05, 0.1) is 19.4 Å². The van der Waals surface area contributed by atoms with E-state index >= 15 is 0 Å². The van der Waals surface area contributed by atoms with Gasteiger partial charge in [-0.15, -0.1) is 0 Å². The minimum absolute atomic E-state index is 0.0344. The summed E-state index contributed by atoms with van der Waals surface area (Å²) in [5.74, 6) is -0.516. The van der Waals surface area contributed by atoms with Gasteiger partial charge in [0.1, 0.15) is 0 Å². The highest BCUT2D eigenvalue weighted by molar-refractivity contribution is 6.35. The van der Waals surface area contributed by atoms with Crippen molar-refractivity contribution >= 4 is 35.1 Å². The first-order valence-corrected chi connectivity index (χ1v) is 7.56. The Morgan fingerprint density at radius 1 is 1.38 bits per heavy atom. The minimum Gasteiger partial charge on any atom is -0.469 e. The van der Waals surface area contributed by atoms with Gasteiger partial charge < -0.3 is 9.64 Å². The van der Waals surface area contributed by atoms with E-state index < -0.39 is 0 Å². The van der Waals surface area contributed by atoms with Crippen molar-refractivity contribution in [3.63, 3.8) is 0 Å². The van der Waals surface area contributed by atoms with Gasteiger partial charge in [-0.25, -0.2) is 0 Å².